The lowest BCUT2D eigenvalue weighted by molar-refractivity contribution is -0.384. The molecule has 19 heavy (non-hydrogen) atoms. The minimum atomic E-state index is -5.24. The van der Waals surface area contributed by atoms with Crippen molar-refractivity contribution in [2.45, 2.75) is 6.18 Å². The van der Waals surface area contributed by atoms with Gasteiger partial charge in [-0.25, -0.2) is 4.39 Å². The minimum absolute atomic E-state index is 0.0418. The predicted molar refractivity (Wildman–Crippen MR) is 57.5 cm³/mol. The molecule has 0 saturated carbocycles. The highest BCUT2D eigenvalue weighted by Gasteiger charge is 2.43. The van der Waals surface area contributed by atoms with Crippen LogP contribution in [0.5, 0.6) is 0 Å². The fourth-order valence-corrected chi connectivity index (χ4v) is 1.64. The van der Waals surface area contributed by atoms with Crippen LogP contribution < -0.4 is 4.90 Å². The largest absolute Gasteiger partial charge is 0.471 e. The lowest BCUT2D eigenvalue weighted by Gasteiger charge is -2.19. The number of anilines is 1. The molecule has 0 heterocycles. The van der Waals surface area contributed by atoms with Crippen LogP contribution >= 0.6 is 11.6 Å². The van der Waals surface area contributed by atoms with Gasteiger partial charge in [0.1, 0.15) is 11.5 Å². The summed E-state index contributed by atoms with van der Waals surface area (Å²) in [6.45, 7) is 0. The van der Waals surface area contributed by atoms with Crippen LogP contribution in [0.25, 0.3) is 0 Å². The van der Waals surface area contributed by atoms with Crippen LogP contribution in [0.4, 0.5) is 28.9 Å². The molecule has 1 aromatic rings. The molecule has 0 aliphatic rings. The summed E-state index contributed by atoms with van der Waals surface area (Å²) in [5.74, 6) is -3.46. The van der Waals surface area contributed by atoms with Gasteiger partial charge in [-0.1, -0.05) is 11.6 Å². The monoisotopic (exact) mass is 300 g/mol. The molecule has 0 aliphatic carbocycles. The number of halogens is 5. The number of alkyl halides is 3. The molecule has 5 nitrogen and oxygen atoms in total. The highest BCUT2D eigenvalue weighted by atomic mass is 35.5. The number of carbonyl (C=O) groups is 1. The molecule has 0 atom stereocenters. The van der Waals surface area contributed by atoms with Crippen molar-refractivity contribution in [3.8, 4) is 0 Å². The summed E-state index contributed by atoms with van der Waals surface area (Å²) < 4.78 is 49.7. The first-order valence-electron chi connectivity index (χ1n) is 4.54. The summed E-state index contributed by atoms with van der Waals surface area (Å²) >= 11 is 5.46. The van der Waals surface area contributed by atoms with Crippen LogP contribution in [0.1, 0.15) is 0 Å². The molecule has 0 aliphatic heterocycles. The van der Waals surface area contributed by atoms with Crippen LogP contribution in [0, 0.1) is 15.9 Å². The van der Waals surface area contributed by atoms with E-state index in [0.717, 1.165) is 0 Å². The first-order valence-corrected chi connectivity index (χ1v) is 4.91. The average Bonchev–Trinajstić information content (AvgIpc) is 2.24. The molecule has 104 valence electrons. The molecule has 0 saturated heterocycles. The summed E-state index contributed by atoms with van der Waals surface area (Å²) in [5, 5.41) is 9.99. The number of hydrogen-bond donors (Lipinski definition) is 0. The molecule has 0 radical (unpaired) electrons. The molecule has 1 amide bonds. The second kappa shape index (κ2) is 5.00. The lowest BCUT2D eigenvalue weighted by atomic mass is 10.2. The van der Waals surface area contributed by atoms with Gasteiger partial charge < -0.3 is 4.90 Å². The second-order valence-corrected chi connectivity index (χ2v) is 3.78. The van der Waals surface area contributed by atoms with Crippen molar-refractivity contribution in [1.29, 1.82) is 0 Å². The van der Waals surface area contributed by atoms with Gasteiger partial charge in [0.25, 0.3) is 5.69 Å². The van der Waals surface area contributed by atoms with Gasteiger partial charge in [-0.15, -0.1) is 0 Å². The molecule has 10 heteroatoms. The molecule has 0 fully saturated rings. The van der Waals surface area contributed by atoms with Crippen molar-refractivity contribution in [2.75, 3.05) is 11.9 Å². The third-order valence-corrected chi connectivity index (χ3v) is 2.38. The van der Waals surface area contributed by atoms with Gasteiger partial charge >= 0.3 is 12.1 Å². The second-order valence-electron chi connectivity index (χ2n) is 3.37. The van der Waals surface area contributed by atoms with E-state index >= 15 is 0 Å². The molecule has 0 aromatic heterocycles. The Bertz CT molecular complexity index is 547. The maximum atomic E-state index is 13.0. The smallest absolute Gasteiger partial charge is 0.300 e. The topological polar surface area (TPSA) is 63.5 Å². The molecule has 0 bridgehead atoms. The third-order valence-electron chi connectivity index (χ3n) is 2.09. The Hall–Kier alpha value is -1.90. The van der Waals surface area contributed by atoms with E-state index in [0.29, 0.717) is 19.2 Å². The van der Waals surface area contributed by atoms with Crippen LogP contribution in [0.2, 0.25) is 5.02 Å². The number of carbonyl (C=O) groups excluding carboxylic acids is 1. The third kappa shape index (κ3) is 3.11. The fraction of sp³-hybridized carbons (Fsp3) is 0.222. The summed E-state index contributed by atoms with van der Waals surface area (Å²) in [6, 6.07) is 0.950. The number of nitro groups is 1. The molecular formula is C9H5ClF4N2O3. The number of amides is 1. The number of nitrogens with zero attached hydrogens (tertiary/aromatic N) is 2. The van der Waals surface area contributed by atoms with Crippen LogP contribution in [-0.2, 0) is 4.79 Å². The fourth-order valence-electron chi connectivity index (χ4n) is 1.32. The van der Waals surface area contributed by atoms with Gasteiger partial charge in [0.15, 0.2) is 0 Å². The predicted octanol–water partition coefficient (Wildman–Crippen LogP) is 2.91. The summed E-state index contributed by atoms with van der Waals surface area (Å²) in [7, 11) is 0.655. The molecule has 0 spiro atoms. The molecule has 1 rings (SSSR count). The van der Waals surface area contributed by atoms with E-state index in [1.807, 2.05) is 0 Å². The van der Waals surface area contributed by atoms with E-state index in [1.165, 1.54) is 0 Å². The zero-order valence-electron chi connectivity index (χ0n) is 9.16. The summed E-state index contributed by atoms with van der Waals surface area (Å²) in [6.07, 6.45) is -5.24. The number of nitro benzene ring substituents is 1. The first kappa shape index (κ1) is 15.2. The number of benzene rings is 1. The highest BCUT2D eigenvalue weighted by Crippen LogP contribution is 2.37. The SMILES string of the molecule is CN(C(=O)C(F)(F)F)c1c(Cl)cc(F)cc1[N+](=O)[O-]. The van der Waals surface area contributed by atoms with E-state index in [1.54, 1.807) is 0 Å². The quantitative estimate of drug-likeness (QED) is 0.479. The average molecular weight is 301 g/mol. The summed E-state index contributed by atoms with van der Waals surface area (Å²) in [5.41, 5.74) is -1.86. The van der Waals surface area contributed by atoms with E-state index in [-0.39, 0.29) is 4.90 Å². The Morgan fingerprint density at radius 1 is 1.42 bits per heavy atom. The van der Waals surface area contributed by atoms with E-state index in [4.69, 9.17) is 11.6 Å². The van der Waals surface area contributed by atoms with E-state index in [9.17, 15) is 32.5 Å². The van der Waals surface area contributed by atoms with Gasteiger partial charge in [0, 0.05) is 7.05 Å². The Kier molecular flexibility index (Phi) is 3.99. The van der Waals surface area contributed by atoms with E-state index < -0.39 is 39.2 Å². The molecule has 0 unspecified atom stereocenters. The van der Waals surface area contributed by atoms with Gasteiger partial charge in [-0.3, -0.25) is 14.9 Å². The van der Waals surface area contributed by atoms with Crippen molar-refractivity contribution in [2.24, 2.45) is 0 Å². The minimum Gasteiger partial charge on any atom is -0.300 e. The first-order chi connectivity index (χ1) is 8.55. The van der Waals surface area contributed by atoms with Gasteiger partial charge in [-0.2, -0.15) is 13.2 Å². The van der Waals surface area contributed by atoms with Crippen LogP contribution in [0.15, 0.2) is 12.1 Å². The van der Waals surface area contributed by atoms with Gasteiger partial charge in [0.05, 0.1) is 16.0 Å². The standard InChI is InChI=1S/C9H5ClF4N2O3/c1-15(8(17)9(12,13)14)7-5(10)2-4(11)3-6(7)16(18)19/h2-3H,1H3. The van der Waals surface area contributed by atoms with Crippen molar-refractivity contribution >= 4 is 28.9 Å². The van der Waals surface area contributed by atoms with E-state index in [2.05, 4.69) is 0 Å². The van der Waals surface area contributed by atoms with Gasteiger partial charge in [0.2, 0.25) is 0 Å². The van der Waals surface area contributed by atoms with Crippen molar-refractivity contribution in [1.82, 2.24) is 0 Å². The zero-order chi connectivity index (χ0) is 15.0. The summed E-state index contributed by atoms with van der Waals surface area (Å²) in [4.78, 5) is 20.5. The van der Waals surface area contributed by atoms with Crippen molar-refractivity contribution in [3.05, 3.63) is 33.1 Å². The zero-order valence-corrected chi connectivity index (χ0v) is 9.92. The normalized spacial score (nSPS) is 11.3. The Morgan fingerprint density at radius 2 is 1.95 bits per heavy atom. The highest BCUT2D eigenvalue weighted by molar-refractivity contribution is 6.34. The number of hydrogen-bond acceptors (Lipinski definition) is 3. The maximum Gasteiger partial charge on any atom is 0.471 e. The van der Waals surface area contributed by atoms with Crippen LogP contribution in [0.3, 0.4) is 0 Å². The number of rotatable bonds is 2. The Labute approximate surface area is 108 Å². The van der Waals surface area contributed by atoms with Crippen molar-refractivity contribution in [3.63, 3.8) is 0 Å². The molecule has 1 aromatic carbocycles. The molecule has 0 N–H and O–H groups in total. The van der Waals surface area contributed by atoms with Gasteiger partial charge in [-0.05, 0) is 6.07 Å². The molecular weight excluding hydrogens is 296 g/mol. The Balaban J connectivity index is 3.42. The maximum absolute atomic E-state index is 13.0. The Morgan fingerprint density at radius 3 is 2.37 bits per heavy atom. The lowest BCUT2D eigenvalue weighted by Crippen LogP contribution is -2.39. The van der Waals surface area contributed by atoms with Crippen molar-refractivity contribution < 1.29 is 27.3 Å². The van der Waals surface area contributed by atoms with Crippen LogP contribution in [-0.4, -0.2) is 24.1 Å².